The fraction of sp³-hybridized carbons (Fsp3) is 0.824. The molecule has 5 rings (SSSR count). The standard InChI is InChI=1S/C17H24O4/c1-2-15-10-12-8-13(9-14(15)19)16(15,4-3-5-18)17(11-12)20-6-7-21-17/h2,12-13,18H,1,3-11H2/t12?,13-,15+,16-/m0/s1. The lowest BCUT2D eigenvalue weighted by atomic mass is 9.43. The highest BCUT2D eigenvalue weighted by atomic mass is 16.7. The summed E-state index contributed by atoms with van der Waals surface area (Å²) in [7, 11) is 0. The van der Waals surface area contributed by atoms with Gasteiger partial charge < -0.3 is 14.6 Å². The molecule has 116 valence electrons. The van der Waals surface area contributed by atoms with E-state index in [1.807, 2.05) is 6.08 Å². The molecule has 1 aliphatic heterocycles. The zero-order valence-electron chi connectivity index (χ0n) is 12.5. The predicted octanol–water partition coefficient (Wildman–Crippen LogP) is 2.06. The zero-order valence-corrected chi connectivity index (χ0v) is 12.5. The average Bonchev–Trinajstić information content (AvgIpc) is 2.99. The minimum atomic E-state index is -0.617. The van der Waals surface area contributed by atoms with Crippen molar-refractivity contribution in [2.75, 3.05) is 19.8 Å². The van der Waals surface area contributed by atoms with E-state index in [0.29, 0.717) is 43.7 Å². The Morgan fingerprint density at radius 2 is 2.10 bits per heavy atom. The minimum Gasteiger partial charge on any atom is -0.396 e. The summed E-state index contributed by atoms with van der Waals surface area (Å²) in [6.07, 6.45) is 6.90. The van der Waals surface area contributed by atoms with Gasteiger partial charge in [-0.05, 0) is 37.5 Å². The number of aliphatic hydroxyl groups is 1. The molecule has 4 bridgehead atoms. The van der Waals surface area contributed by atoms with Crippen LogP contribution in [0.4, 0.5) is 0 Å². The van der Waals surface area contributed by atoms with Crippen LogP contribution >= 0.6 is 0 Å². The largest absolute Gasteiger partial charge is 0.396 e. The third kappa shape index (κ3) is 1.40. The van der Waals surface area contributed by atoms with Crippen LogP contribution in [0.25, 0.3) is 0 Å². The number of rotatable bonds is 4. The van der Waals surface area contributed by atoms with Gasteiger partial charge in [0.05, 0.1) is 18.6 Å². The summed E-state index contributed by atoms with van der Waals surface area (Å²) >= 11 is 0. The van der Waals surface area contributed by atoms with Gasteiger partial charge in [-0.2, -0.15) is 0 Å². The van der Waals surface area contributed by atoms with Gasteiger partial charge in [0, 0.05) is 24.9 Å². The van der Waals surface area contributed by atoms with Crippen LogP contribution in [0, 0.1) is 22.7 Å². The van der Waals surface area contributed by atoms with Crippen molar-refractivity contribution in [1.82, 2.24) is 0 Å². The Balaban J connectivity index is 1.89. The highest BCUT2D eigenvalue weighted by molar-refractivity contribution is 5.91. The highest BCUT2D eigenvalue weighted by Gasteiger charge is 2.78. The molecule has 4 nitrogen and oxygen atoms in total. The molecule has 1 heterocycles. The monoisotopic (exact) mass is 292 g/mol. The van der Waals surface area contributed by atoms with E-state index in [2.05, 4.69) is 6.58 Å². The molecule has 4 saturated carbocycles. The summed E-state index contributed by atoms with van der Waals surface area (Å²) in [5.41, 5.74) is -0.814. The van der Waals surface area contributed by atoms with Gasteiger partial charge in [0.25, 0.3) is 0 Å². The Labute approximate surface area is 125 Å². The predicted molar refractivity (Wildman–Crippen MR) is 76.5 cm³/mol. The molecule has 5 fully saturated rings. The molecule has 0 aromatic rings. The fourth-order valence-electron chi connectivity index (χ4n) is 6.27. The SMILES string of the molecule is C=C[C@@]12CC3C[C@@H](CC1=O)[C@]2(CCCO)C1(C3)OCCO1. The number of ether oxygens (including phenoxy) is 2. The molecule has 0 aromatic carbocycles. The Bertz CT molecular complexity index is 481. The van der Waals surface area contributed by atoms with Crippen molar-refractivity contribution in [3.05, 3.63) is 12.7 Å². The van der Waals surface area contributed by atoms with Gasteiger partial charge in [-0.25, -0.2) is 0 Å². The lowest BCUT2D eigenvalue weighted by molar-refractivity contribution is -0.324. The van der Waals surface area contributed by atoms with Crippen molar-refractivity contribution in [1.29, 1.82) is 0 Å². The van der Waals surface area contributed by atoms with Gasteiger partial charge in [-0.1, -0.05) is 6.08 Å². The quantitative estimate of drug-likeness (QED) is 0.806. The molecule has 21 heavy (non-hydrogen) atoms. The van der Waals surface area contributed by atoms with E-state index >= 15 is 0 Å². The number of allylic oxidation sites excluding steroid dienone is 1. The van der Waals surface area contributed by atoms with Gasteiger partial charge >= 0.3 is 0 Å². The molecule has 0 aromatic heterocycles. The van der Waals surface area contributed by atoms with Crippen LogP contribution in [0.2, 0.25) is 0 Å². The number of carbonyl (C=O) groups excluding carboxylic acids is 1. The molecule has 1 spiro atoms. The second kappa shape index (κ2) is 4.40. The summed E-state index contributed by atoms with van der Waals surface area (Å²) in [6.45, 7) is 5.41. The molecule has 1 unspecified atom stereocenters. The molecule has 1 saturated heterocycles. The van der Waals surface area contributed by atoms with Crippen molar-refractivity contribution in [3.63, 3.8) is 0 Å². The highest BCUT2D eigenvalue weighted by Crippen LogP contribution is 2.76. The van der Waals surface area contributed by atoms with Crippen LogP contribution in [0.15, 0.2) is 12.7 Å². The number of hydrogen-bond acceptors (Lipinski definition) is 4. The number of Topliss-reactive ketones (excluding diaryl/α,β-unsaturated/α-hetero) is 1. The van der Waals surface area contributed by atoms with Crippen LogP contribution in [0.5, 0.6) is 0 Å². The first kappa shape index (κ1) is 13.9. The topological polar surface area (TPSA) is 55.8 Å². The van der Waals surface area contributed by atoms with Crippen molar-refractivity contribution in [3.8, 4) is 0 Å². The van der Waals surface area contributed by atoms with E-state index in [9.17, 15) is 9.90 Å². The zero-order chi connectivity index (χ0) is 14.7. The second-order valence-corrected chi connectivity index (χ2v) is 7.26. The number of carbonyl (C=O) groups is 1. The van der Waals surface area contributed by atoms with Gasteiger partial charge in [-0.15, -0.1) is 6.58 Å². The molecule has 4 atom stereocenters. The molecule has 0 radical (unpaired) electrons. The first-order valence-corrected chi connectivity index (χ1v) is 8.20. The number of ketones is 1. The third-order valence-corrected chi connectivity index (χ3v) is 6.72. The van der Waals surface area contributed by atoms with E-state index in [0.717, 1.165) is 25.7 Å². The van der Waals surface area contributed by atoms with E-state index in [1.54, 1.807) is 0 Å². The normalized spacial score (nSPS) is 46.4. The van der Waals surface area contributed by atoms with Crippen LogP contribution in [0.3, 0.4) is 0 Å². The number of hydrogen-bond donors (Lipinski definition) is 1. The summed E-state index contributed by atoms with van der Waals surface area (Å²) in [5, 5.41) is 9.37. The first-order chi connectivity index (χ1) is 10.1. The van der Waals surface area contributed by atoms with Crippen LogP contribution < -0.4 is 0 Å². The summed E-state index contributed by atoms with van der Waals surface area (Å²) < 4.78 is 12.3. The molecular formula is C17H24O4. The van der Waals surface area contributed by atoms with E-state index in [4.69, 9.17) is 9.47 Å². The van der Waals surface area contributed by atoms with Gasteiger partial charge in [-0.3, -0.25) is 4.79 Å². The summed E-state index contributed by atoms with van der Waals surface area (Å²) in [5.74, 6) is 0.517. The van der Waals surface area contributed by atoms with E-state index in [1.165, 1.54) is 0 Å². The lowest BCUT2D eigenvalue weighted by Gasteiger charge is -2.64. The smallest absolute Gasteiger partial charge is 0.175 e. The van der Waals surface area contributed by atoms with E-state index < -0.39 is 11.2 Å². The molecular weight excluding hydrogens is 268 g/mol. The molecule has 1 N–H and O–H groups in total. The Morgan fingerprint density at radius 1 is 1.33 bits per heavy atom. The second-order valence-electron chi connectivity index (χ2n) is 7.26. The van der Waals surface area contributed by atoms with Crippen molar-refractivity contribution < 1.29 is 19.4 Å². The third-order valence-electron chi connectivity index (χ3n) is 6.72. The molecule has 0 amide bonds. The van der Waals surface area contributed by atoms with E-state index in [-0.39, 0.29) is 12.0 Å². The van der Waals surface area contributed by atoms with Crippen molar-refractivity contribution in [2.45, 2.75) is 44.3 Å². The van der Waals surface area contributed by atoms with Crippen LogP contribution in [-0.4, -0.2) is 36.5 Å². The van der Waals surface area contributed by atoms with Gasteiger partial charge in [0.2, 0.25) is 0 Å². The average molecular weight is 292 g/mol. The van der Waals surface area contributed by atoms with Crippen LogP contribution in [0.1, 0.15) is 38.5 Å². The first-order valence-electron chi connectivity index (χ1n) is 8.20. The maximum Gasteiger partial charge on any atom is 0.175 e. The van der Waals surface area contributed by atoms with Crippen LogP contribution in [-0.2, 0) is 14.3 Å². The van der Waals surface area contributed by atoms with Gasteiger partial charge in [0.1, 0.15) is 5.78 Å². The van der Waals surface area contributed by atoms with Crippen molar-refractivity contribution in [2.24, 2.45) is 22.7 Å². The maximum atomic E-state index is 12.9. The summed E-state index contributed by atoms with van der Waals surface area (Å²) in [4.78, 5) is 12.9. The lowest BCUT2D eigenvalue weighted by Crippen LogP contribution is -2.67. The Morgan fingerprint density at radius 3 is 2.76 bits per heavy atom. The molecule has 5 aliphatic rings. The number of aliphatic hydroxyl groups excluding tert-OH is 1. The Hall–Kier alpha value is -0.710. The fourth-order valence-corrected chi connectivity index (χ4v) is 6.27. The molecule has 4 heteroatoms. The van der Waals surface area contributed by atoms with Crippen molar-refractivity contribution >= 4 is 5.78 Å². The van der Waals surface area contributed by atoms with Gasteiger partial charge in [0.15, 0.2) is 5.79 Å². The maximum absolute atomic E-state index is 12.9. The Kier molecular flexibility index (Phi) is 2.92. The molecule has 4 aliphatic carbocycles. The minimum absolute atomic E-state index is 0.148. The summed E-state index contributed by atoms with van der Waals surface area (Å²) in [6, 6.07) is 0.